The van der Waals surface area contributed by atoms with Gasteiger partial charge >= 0.3 is 0 Å². The molecule has 2 aromatic rings. The second kappa shape index (κ2) is 7.28. The average molecular weight is 353 g/mol. The molecule has 0 aliphatic carbocycles. The van der Waals surface area contributed by atoms with Crippen LogP contribution in [0.1, 0.15) is 10.4 Å². The van der Waals surface area contributed by atoms with Crippen LogP contribution >= 0.6 is 34.8 Å². The minimum atomic E-state index is -0.514. The van der Waals surface area contributed by atoms with E-state index in [0.29, 0.717) is 26.3 Å². The van der Waals surface area contributed by atoms with Gasteiger partial charge in [-0.2, -0.15) is 10.4 Å². The number of carbonyl (C=O) groups excluding carboxylic acids is 1. The highest BCUT2D eigenvalue weighted by atomic mass is 35.5. The van der Waals surface area contributed by atoms with E-state index in [-0.39, 0.29) is 5.71 Å². The molecule has 0 fully saturated rings. The van der Waals surface area contributed by atoms with Crippen molar-refractivity contribution in [2.75, 3.05) is 5.43 Å². The SMILES string of the molecule is N#C/C(=N\Nc1cc(Cl)cc(Cl)c1)C(=O)c1ccc(Cl)cc1. The first-order valence-corrected chi connectivity index (χ1v) is 7.13. The number of nitriles is 1. The topological polar surface area (TPSA) is 65.2 Å². The molecule has 0 saturated heterocycles. The summed E-state index contributed by atoms with van der Waals surface area (Å²) in [7, 11) is 0. The number of rotatable bonds is 4. The molecule has 0 aliphatic heterocycles. The number of carbonyl (C=O) groups is 1. The Labute approximate surface area is 141 Å². The van der Waals surface area contributed by atoms with Crippen molar-refractivity contribution >= 4 is 52.0 Å². The normalized spacial score (nSPS) is 10.9. The van der Waals surface area contributed by atoms with Crippen LogP contribution in [0.15, 0.2) is 47.6 Å². The Hall–Kier alpha value is -2.06. The molecule has 0 atom stereocenters. The van der Waals surface area contributed by atoms with Gasteiger partial charge in [0, 0.05) is 20.6 Å². The van der Waals surface area contributed by atoms with Crippen LogP contribution in [0.4, 0.5) is 5.69 Å². The molecule has 22 heavy (non-hydrogen) atoms. The van der Waals surface area contributed by atoms with Crippen LogP contribution < -0.4 is 5.43 Å². The summed E-state index contributed by atoms with van der Waals surface area (Å²) in [6, 6.07) is 12.6. The number of halogens is 3. The van der Waals surface area contributed by atoms with Crippen molar-refractivity contribution in [2.45, 2.75) is 0 Å². The van der Waals surface area contributed by atoms with E-state index in [2.05, 4.69) is 10.5 Å². The number of hydrogen-bond acceptors (Lipinski definition) is 4. The van der Waals surface area contributed by atoms with Crippen molar-refractivity contribution < 1.29 is 4.79 Å². The minimum absolute atomic E-state index is 0.293. The molecule has 0 saturated carbocycles. The van der Waals surface area contributed by atoms with Gasteiger partial charge in [0.1, 0.15) is 6.07 Å². The van der Waals surface area contributed by atoms with Gasteiger partial charge in [-0.3, -0.25) is 10.2 Å². The van der Waals surface area contributed by atoms with E-state index in [4.69, 9.17) is 40.1 Å². The lowest BCUT2D eigenvalue weighted by Crippen LogP contribution is -2.14. The average Bonchev–Trinajstić information content (AvgIpc) is 2.47. The molecule has 2 aromatic carbocycles. The van der Waals surface area contributed by atoms with Crippen molar-refractivity contribution in [1.29, 1.82) is 5.26 Å². The first-order valence-electron chi connectivity index (χ1n) is 6.00. The van der Waals surface area contributed by atoms with Crippen LogP contribution in [-0.2, 0) is 0 Å². The maximum atomic E-state index is 12.2. The van der Waals surface area contributed by atoms with Crippen LogP contribution in [0.2, 0.25) is 15.1 Å². The number of anilines is 1. The fourth-order valence-electron chi connectivity index (χ4n) is 1.60. The lowest BCUT2D eigenvalue weighted by molar-refractivity contribution is 0.106. The molecule has 0 radical (unpaired) electrons. The number of nitrogens with zero attached hydrogens (tertiary/aromatic N) is 2. The molecule has 4 nitrogen and oxygen atoms in total. The van der Waals surface area contributed by atoms with Crippen molar-refractivity contribution in [1.82, 2.24) is 0 Å². The van der Waals surface area contributed by atoms with Crippen molar-refractivity contribution in [3.05, 3.63) is 63.1 Å². The molecule has 0 unspecified atom stereocenters. The summed E-state index contributed by atoms with van der Waals surface area (Å²) in [5.74, 6) is -0.514. The summed E-state index contributed by atoms with van der Waals surface area (Å²) >= 11 is 17.5. The summed E-state index contributed by atoms with van der Waals surface area (Å²) in [5.41, 5.74) is 3.08. The Kier molecular flexibility index (Phi) is 5.40. The van der Waals surface area contributed by atoms with Gasteiger partial charge in [-0.25, -0.2) is 0 Å². The number of Topliss-reactive ketones (excluding diaryl/α,β-unsaturated/α-hetero) is 1. The van der Waals surface area contributed by atoms with Crippen LogP contribution in [0, 0.1) is 11.3 Å². The van der Waals surface area contributed by atoms with Crippen LogP contribution in [0.25, 0.3) is 0 Å². The van der Waals surface area contributed by atoms with E-state index in [1.54, 1.807) is 36.4 Å². The molecular weight excluding hydrogens is 345 g/mol. The largest absolute Gasteiger partial charge is 0.286 e. The fraction of sp³-hybridized carbons (Fsp3) is 0. The summed E-state index contributed by atoms with van der Waals surface area (Å²) < 4.78 is 0. The van der Waals surface area contributed by atoms with Gasteiger partial charge in [-0.15, -0.1) is 0 Å². The molecule has 0 aliphatic rings. The van der Waals surface area contributed by atoms with Crippen LogP contribution in [-0.4, -0.2) is 11.5 Å². The molecule has 0 aromatic heterocycles. The Bertz CT molecular complexity index is 759. The Morgan fingerprint density at radius 1 is 1.00 bits per heavy atom. The van der Waals surface area contributed by atoms with E-state index in [0.717, 1.165) is 0 Å². The highest BCUT2D eigenvalue weighted by molar-refractivity contribution is 6.51. The van der Waals surface area contributed by atoms with E-state index < -0.39 is 5.78 Å². The zero-order valence-corrected chi connectivity index (χ0v) is 13.2. The van der Waals surface area contributed by atoms with Crippen LogP contribution in [0.3, 0.4) is 0 Å². The third kappa shape index (κ3) is 4.22. The highest BCUT2D eigenvalue weighted by Crippen LogP contribution is 2.22. The van der Waals surface area contributed by atoms with Crippen molar-refractivity contribution in [3.63, 3.8) is 0 Å². The third-order valence-corrected chi connectivity index (χ3v) is 3.28. The van der Waals surface area contributed by atoms with Gasteiger partial charge in [0.2, 0.25) is 11.5 Å². The molecule has 0 bridgehead atoms. The summed E-state index contributed by atoms with van der Waals surface area (Å²) in [6.45, 7) is 0. The zero-order chi connectivity index (χ0) is 16.1. The first kappa shape index (κ1) is 16.3. The van der Waals surface area contributed by atoms with E-state index >= 15 is 0 Å². The van der Waals surface area contributed by atoms with Gasteiger partial charge in [0.25, 0.3) is 0 Å². The van der Waals surface area contributed by atoms with Crippen LogP contribution in [0.5, 0.6) is 0 Å². The molecule has 7 heteroatoms. The smallest absolute Gasteiger partial charge is 0.223 e. The molecule has 1 N–H and O–H groups in total. The minimum Gasteiger partial charge on any atom is -0.286 e. The standard InChI is InChI=1S/C15H8Cl3N3O/c16-10-3-1-9(2-4-10)15(22)14(8-19)21-20-13-6-11(17)5-12(18)7-13/h1-7,20H/b21-14+. The van der Waals surface area contributed by atoms with Gasteiger partial charge in [0.05, 0.1) is 5.69 Å². The molecule has 0 amide bonds. The highest BCUT2D eigenvalue weighted by Gasteiger charge is 2.14. The van der Waals surface area contributed by atoms with Gasteiger partial charge in [0.15, 0.2) is 0 Å². The monoisotopic (exact) mass is 351 g/mol. The number of nitrogens with one attached hydrogen (secondary N) is 1. The predicted molar refractivity (Wildman–Crippen MR) is 88.9 cm³/mol. The van der Waals surface area contributed by atoms with Gasteiger partial charge in [-0.1, -0.05) is 34.8 Å². The maximum Gasteiger partial charge on any atom is 0.223 e. The summed E-state index contributed by atoms with van der Waals surface area (Å²) in [5, 5.41) is 14.2. The molecular formula is C15H8Cl3N3O. The lowest BCUT2D eigenvalue weighted by Gasteiger charge is -2.03. The maximum absolute atomic E-state index is 12.2. The van der Waals surface area contributed by atoms with Gasteiger partial charge < -0.3 is 0 Å². The van der Waals surface area contributed by atoms with E-state index in [9.17, 15) is 4.79 Å². The number of hydrazone groups is 1. The lowest BCUT2D eigenvalue weighted by atomic mass is 10.1. The summed E-state index contributed by atoms with van der Waals surface area (Å²) in [6.07, 6.45) is 0. The molecule has 0 heterocycles. The first-order chi connectivity index (χ1) is 10.5. The third-order valence-electron chi connectivity index (χ3n) is 2.59. The number of ketones is 1. The quantitative estimate of drug-likeness (QED) is 0.487. The number of hydrogen-bond donors (Lipinski definition) is 1. The second-order valence-electron chi connectivity index (χ2n) is 4.18. The fourth-order valence-corrected chi connectivity index (χ4v) is 2.26. The predicted octanol–water partition coefficient (Wildman–Crippen LogP) is 4.82. The second-order valence-corrected chi connectivity index (χ2v) is 5.49. The zero-order valence-electron chi connectivity index (χ0n) is 11.0. The van der Waals surface area contributed by atoms with Crippen molar-refractivity contribution in [2.24, 2.45) is 5.10 Å². The summed E-state index contributed by atoms with van der Waals surface area (Å²) in [4.78, 5) is 12.2. The molecule has 2 rings (SSSR count). The van der Waals surface area contributed by atoms with E-state index in [1.807, 2.05) is 0 Å². The Balaban J connectivity index is 2.22. The van der Waals surface area contributed by atoms with Gasteiger partial charge in [-0.05, 0) is 42.5 Å². The number of benzene rings is 2. The van der Waals surface area contributed by atoms with E-state index in [1.165, 1.54) is 12.1 Å². The Morgan fingerprint density at radius 3 is 2.14 bits per heavy atom. The molecule has 0 spiro atoms. The Morgan fingerprint density at radius 2 is 1.59 bits per heavy atom. The van der Waals surface area contributed by atoms with Crippen molar-refractivity contribution in [3.8, 4) is 6.07 Å². The molecule has 110 valence electrons.